The van der Waals surface area contributed by atoms with Crippen LogP contribution in [0.1, 0.15) is 0 Å². The van der Waals surface area contributed by atoms with E-state index in [0.717, 1.165) is 11.2 Å². The Morgan fingerprint density at radius 1 is 0.462 bits per heavy atom. The van der Waals surface area contributed by atoms with Crippen LogP contribution in [-0.2, 0) is 0 Å². The van der Waals surface area contributed by atoms with E-state index in [4.69, 9.17) is 0 Å². The maximum Gasteiger partial charge on any atom is 0.0813 e. The zero-order chi connectivity index (χ0) is 25.5. The lowest BCUT2D eigenvalue weighted by atomic mass is 10.0. The van der Waals surface area contributed by atoms with E-state index >= 15 is 0 Å². The summed E-state index contributed by atoms with van der Waals surface area (Å²) in [6.45, 7) is 0. The topological polar surface area (TPSA) is 22.8 Å². The number of nitrogens with zero attached hydrogens (tertiary/aromatic N) is 3. The van der Waals surface area contributed by atoms with Gasteiger partial charge in [-0.15, -0.1) is 11.3 Å². The molecule has 0 fully saturated rings. The Morgan fingerprint density at radius 2 is 1.13 bits per heavy atom. The van der Waals surface area contributed by atoms with Crippen LogP contribution in [-0.4, -0.2) is 14.1 Å². The van der Waals surface area contributed by atoms with E-state index < -0.39 is 0 Å². The highest BCUT2D eigenvalue weighted by Crippen LogP contribution is 2.41. The number of benzene rings is 6. The van der Waals surface area contributed by atoms with Gasteiger partial charge < -0.3 is 9.13 Å². The third kappa shape index (κ3) is 2.95. The summed E-state index contributed by atoms with van der Waals surface area (Å²) in [5.41, 5.74) is 10.1. The van der Waals surface area contributed by atoms with Gasteiger partial charge in [0.05, 0.1) is 37.8 Å². The van der Waals surface area contributed by atoms with Crippen molar-refractivity contribution < 1.29 is 0 Å². The molecule has 0 atom stereocenters. The van der Waals surface area contributed by atoms with Gasteiger partial charge in [-0.2, -0.15) is 0 Å². The molecule has 39 heavy (non-hydrogen) atoms. The summed E-state index contributed by atoms with van der Waals surface area (Å²) < 4.78 is 6.03. The fraction of sp³-hybridized carbons (Fsp3) is 0. The average molecular weight is 516 g/mol. The van der Waals surface area contributed by atoms with Gasteiger partial charge in [0.2, 0.25) is 0 Å². The van der Waals surface area contributed by atoms with E-state index in [1.165, 1.54) is 64.8 Å². The van der Waals surface area contributed by atoms with Crippen molar-refractivity contribution in [3.05, 3.63) is 127 Å². The summed E-state index contributed by atoms with van der Waals surface area (Å²) in [6, 6.07) is 44.2. The molecule has 3 aromatic heterocycles. The molecule has 0 aliphatic heterocycles. The molecule has 4 heteroatoms. The van der Waals surface area contributed by atoms with Gasteiger partial charge in [0.15, 0.2) is 0 Å². The second-order valence-electron chi connectivity index (χ2n) is 10.1. The normalized spacial score (nSPS) is 12.1. The molecule has 9 rings (SSSR count). The number of thiazole rings is 1. The molecular formula is C35H21N3S. The van der Waals surface area contributed by atoms with Crippen molar-refractivity contribution >= 4 is 75.9 Å². The summed E-state index contributed by atoms with van der Waals surface area (Å²) >= 11 is 1.69. The SMILES string of the molecule is c1ccc(-n2c3cc4ccccc4cc3c3cc4c5ccccc5n(-c5ccc6ncsc6c5)c4cc32)cc1. The summed E-state index contributed by atoms with van der Waals surface area (Å²) in [5, 5.41) is 7.59. The van der Waals surface area contributed by atoms with Crippen LogP contribution in [0.3, 0.4) is 0 Å². The predicted octanol–water partition coefficient (Wildman–Crippen LogP) is 9.64. The Kier molecular flexibility index (Phi) is 4.21. The number of hydrogen-bond acceptors (Lipinski definition) is 2. The molecule has 9 aromatic rings. The van der Waals surface area contributed by atoms with Crippen LogP contribution in [0.5, 0.6) is 0 Å². The van der Waals surface area contributed by atoms with Gasteiger partial charge in [-0.3, -0.25) is 0 Å². The highest BCUT2D eigenvalue weighted by molar-refractivity contribution is 7.16. The largest absolute Gasteiger partial charge is 0.309 e. The number of para-hydroxylation sites is 2. The minimum Gasteiger partial charge on any atom is -0.309 e. The Morgan fingerprint density at radius 3 is 2.00 bits per heavy atom. The second kappa shape index (κ2) is 7.79. The first kappa shape index (κ1) is 21.1. The van der Waals surface area contributed by atoms with Crippen LogP contribution in [0.25, 0.3) is 76.0 Å². The first-order valence-electron chi connectivity index (χ1n) is 13.1. The van der Waals surface area contributed by atoms with Crippen LogP contribution in [0.2, 0.25) is 0 Å². The number of rotatable bonds is 2. The molecule has 0 aliphatic rings. The Bertz CT molecular complexity index is 2390. The molecule has 0 bridgehead atoms. The maximum absolute atomic E-state index is 4.51. The summed E-state index contributed by atoms with van der Waals surface area (Å²) in [7, 11) is 0. The molecule has 0 aliphatic carbocycles. The van der Waals surface area contributed by atoms with Gasteiger partial charge in [0.25, 0.3) is 0 Å². The Balaban J connectivity index is 1.48. The van der Waals surface area contributed by atoms with Gasteiger partial charge in [-0.1, -0.05) is 60.7 Å². The lowest BCUT2D eigenvalue weighted by Crippen LogP contribution is -1.95. The predicted molar refractivity (Wildman–Crippen MR) is 166 cm³/mol. The van der Waals surface area contributed by atoms with Crippen molar-refractivity contribution in [3.8, 4) is 11.4 Å². The van der Waals surface area contributed by atoms with Crippen LogP contribution in [0.15, 0.2) is 127 Å². The lowest BCUT2D eigenvalue weighted by Gasteiger charge is -2.10. The Labute approximate surface area is 227 Å². The second-order valence-corrected chi connectivity index (χ2v) is 11.0. The molecule has 182 valence electrons. The molecule has 0 amide bonds. The van der Waals surface area contributed by atoms with Crippen molar-refractivity contribution in [2.24, 2.45) is 0 Å². The fourth-order valence-corrected chi connectivity index (χ4v) is 6.99. The van der Waals surface area contributed by atoms with Gasteiger partial charge >= 0.3 is 0 Å². The quantitative estimate of drug-likeness (QED) is 0.225. The van der Waals surface area contributed by atoms with Crippen molar-refractivity contribution in [2.75, 3.05) is 0 Å². The summed E-state index contributed by atoms with van der Waals surface area (Å²) in [6.07, 6.45) is 0. The molecule has 3 nitrogen and oxygen atoms in total. The van der Waals surface area contributed by atoms with Crippen molar-refractivity contribution in [1.82, 2.24) is 14.1 Å². The van der Waals surface area contributed by atoms with Gasteiger partial charge in [-0.05, 0) is 71.4 Å². The molecule has 0 spiro atoms. The van der Waals surface area contributed by atoms with E-state index in [1.54, 1.807) is 11.3 Å². The Hall–Kier alpha value is -4.93. The number of fused-ring (bicyclic) bond motifs is 8. The summed E-state index contributed by atoms with van der Waals surface area (Å²) in [5.74, 6) is 0. The molecule has 0 N–H and O–H groups in total. The van der Waals surface area contributed by atoms with Crippen LogP contribution in [0, 0.1) is 0 Å². The zero-order valence-electron chi connectivity index (χ0n) is 20.9. The van der Waals surface area contributed by atoms with E-state index in [-0.39, 0.29) is 0 Å². The first-order chi connectivity index (χ1) is 19.3. The van der Waals surface area contributed by atoms with Crippen LogP contribution in [0.4, 0.5) is 0 Å². The standard InChI is InChI=1S/C35H21N3S/c1-2-10-24(11-3-1)37-32-17-23-9-5-4-8-22(23)16-27(32)29-19-28-26-12-6-7-13-31(26)38(33(28)20-34(29)37)25-14-15-30-35(18-25)39-21-36-30/h1-21H. The summed E-state index contributed by atoms with van der Waals surface area (Å²) in [4.78, 5) is 4.51. The highest BCUT2D eigenvalue weighted by atomic mass is 32.1. The number of hydrogen-bond donors (Lipinski definition) is 0. The van der Waals surface area contributed by atoms with Gasteiger partial charge in [-0.25, -0.2) is 4.98 Å². The highest BCUT2D eigenvalue weighted by Gasteiger charge is 2.19. The first-order valence-corrected chi connectivity index (χ1v) is 14.0. The van der Waals surface area contributed by atoms with Crippen LogP contribution >= 0.6 is 11.3 Å². The lowest BCUT2D eigenvalue weighted by molar-refractivity contribution is 1.17. The number of aromatic nitrogens is 3. The van der Waals surface area contributed by atoms with E-state index in [2.05, 4.69) is 135 Å². The zero-order valence-corrected chi connectivity index (χ0v) is 21.7. The van der Waals surface area contributed by atoms with E-state index in [0.29, 0.717) is 0 Å². The van der Waals surface area contributed by atoms with E-state index in [1.807, 2.05) is 5.51 Å². The molecule has 0 saturated carbocycles. The van der Waals surface area contributed by atoms with Crippen molar-refractivity contribution in [3.63, 3.8) is 0 Å². The van der Waals surface area contributed by atoms with E-state index in [9.17, 15) is 0 Å². The monoisotopic (exact) mass is 515 g/mol. The molecule has 0 radical (unpaired) electrons. The third-order valence-electron chi connectivity index (χ3n) is 8.01. The maximum atomic E-state index is 4.51. The van der Waals surface area contributed by atoms with Crippen LogP contribution < -0.4 is 0 Å². The molecular weight excluding hydrogens is 494 g/mol. The minimum absolute atomic E-state index is 1.04. The third-order valence-corrected chi connectivity index (χ3v) is 8.81. The minimum atomic E-state index is 1.04. The fourth-order valence-electron chi connectivity index (χ4n) is 6.28. The van der Waals surface area contributed by atoms with Crippen molar-refractivity contribution in [2.45, 2.75) is 0 Å². The average Bonchev–Trinajstić information content (AvgIpc) is 3.67. The smallest absolute Gasteiger partial charge is 0.0813 e. The van der Waals surface area contributed by atoms with Crippen molar-refractivity contribution in [1.29, 1.82) is 0 Å². The van der Waals surface area contributed by atoms with Gasteiger partial charge in [0, 0.05) is 32.9 Å². The molecule has 0 saturated heterocycles. The molecule has 3 heterocycles. The van der Waals surface area contributed by atoms with Gasteiger partial charge in [0.1, 0.15) is 0 Å². The molecule has 0 unspecified atom stereocenters. The molecule has 6 aromatic carbocycles.